The lowest BCUT2D eigenvalue weighted by atomic mass is 9.88. The van der Waals surface area contributed by atoms with Crippen LogP contribution in [0.15, 0.2) is 72.8 Å². The van der Waals surface area contributed by atoms with Crippen molar-refractivity contribution in [2.24, 2.45) is 29.0 Å². The first-order valence-corrected chi connectivity index (χ1v) is 28.9. The monoisotopic (exact) mass is 1120 g/mol. The normalized spacial score (nSPS) is 15.4. The van der Waals surface area contributed by atoms with Crippen LogP contribution in [-0.2, 0) is 25.6 Å². The van der Waals surface area contributed by atoms with E-state index in [1.807, 2.05) is 25.1 Å². The molecule has 0 aliphatic carbocycles. The van der Waals surface area contributed by atoms with Gasteiger partial charge in [-0.25, -0.2) is 4.79 Å². The molecule has 0 saturated carbocycles. The number of nitrogens with two attached hydrogens (primary N) is 3. The summed E-state index contributed by atoms with van der Waals surface area (Å²) in [6, 6.07) is 20.8. The van der Waals surface area contributed by atoms with E-state index in [1.54, 1.807) is 74.5 Å². The molecule has 17 heteroatoms. The number of Topliss-reactive ketones (excluding diaryl/α,β-unsaturated/α-hetero) is 3. The van der Waals surface area contributed by atoms with E-state index in [0.29, 0.717) is 63.8 Å². The molecule has 440 valence electrons. The maximum atomic E-state index is 14.7. The van der Waals surface area contributed by atoms with Gasteiger partial charge in [-0.3, -0.25) is 24.0 Å². The SMILES string of the molecule is CCCCCCCOc1ccc(C(=O)C[C@@H](CCN)C(=O)N(C)[C@@H]2C(=O)C[C@@H](C)C(=O)N[C@H](C(=O)CCC#N)Cc3ccc(OCCN)c(c3)-c3cc2ccc3OCCN)c(C)c1.CCCCCCCOc1ccc(C(=O)O)c(C)c1. The topological polar surface area (TPSA) is 277 Å². The number of aromatic carboxylic acids is 1. The fourth-order valence-electron chi connectivity index (χ4n) is 9.77. The number of carboxylic acids is 1. The van der Waals surface area contributed by atoms with Crippen LogP contribution in [0.2, 0.25) is 0 Å². The molecule has 4 bridgehead atoms. The summed E-state index contributed by atoms with van der Waals surface area (Å²) < 4.78 is 23.8. The number of nitrogens with one attached hydrogen (secondary N) is 1. The third-order valence-corrected chi connectivity index (χ3v) is 14.3. The van der Waals surface area contributed by atoms with Gasteiger partial charge in [0.15, 0.2) is 17.3 Å². The fraction of sp³-hybridized carbons (Fsp3) is 0.516. The van der Waals surface area contributed by atoms with E-state index in [9.17, 15) is 34.0 Å². The lowest BCUT2D eigenvalue weighted by Gasteiger charge is -2.32. The van der Waals surface area contributed by atoms with Gasteiger partial charge in [-0.05, 0) is 129 Å². The predicted molar refractivity (Wildman–Crippen MR) is 315 cm³/mol. The molecule has 0 fully saturated rings. The van der Waals surface area contributed by atoms with Crippen LogP contribution < -0.4 is 41.5 Å². The van der Waals surface area contributed by atoms with Crippen molar-refractivity contribution in [3.8, 4) is 40.2 Å². The van der Waals surface area contributed by atoms with Crippen molar-refractivity contribution < 1.29 is 52.8 Å². The molecule has 0 spiro atoms. The summed E-state index contributed by atoms with van der Waals surface area (Å²) >= 11 is 0. The average Bonchev–Trinajstić information content (AvgIpc) is 3.54. The van der Waals surface area contributed by atoms with Crippen molar-refractivity contribution >= 4 is 35.1 Å². The molecule has 4 atom stereocenters. The van der Waals surface area contributed by atoms with Crippen molar-refractivity contribution in [2.75, 3.05) is 53.1 Å². The van der Waals surface area contributed by atoms with Crippen LogP contribution in [0.5, 0.6) is 23.0 Å². The van der Waals surface area contributed by atoms with Crippen LogP contribution >= 0.6 is 0 Å². The summed E-state index contributed by atoms with van der Waals surface area (Å²) in [7, 11) is 1.52. The molecule has 4 aromatic carbocycles. The molecule has 2 amide bonds. The number of likely N-dealkylation sites (N-methyl/N-ethyl adjacent to an activating group) is 1. The first-order chi connectivity index (χ1) is 39.0. The molecule has 81 heavy (non-hydrogen) atoms. The molecule has 0 radical (unpaired) electrons. The molecule has 0 aromatic heterocycles. The first-order valence-electron chi connectivity index (χ1n) is 28.9. The van der Waals surface area contributed by atoms with Crippen LogP contribution in [0.4, 0.5) is 0 Å². The first kappa shape index (κ1) is 66.4. The van der Waals surface area contributed by atoms with E-state index in [4.69, 9.17) is 41.3 Å². The highest BCUT2D eigenvalue weighted by atomic mass is 16.5. The molecule has 0 saturated heterocycles. The second-order valence-corrected chi connectivity index (χ2v) is 20.9. The average molecular weight is 1120 g/mol. The number of nitriles is 1. The van der Waals surface area contributed by atoms with Crippen LogP contribution in [0.3, 0.4) is 0 Å². The molecule has 1 aliphatic heterocycles. The quantitative estimate of drug-likeness (QED) is 0.0232. The van der Waals surface area contributed by atoms with E-state index >= 15 is 0 Å². The number of fused-ring (bicyclic) bond motifs is 5. The van der Waals surface area contributed by atoms with Gasteiger partial charge < -0.3 is 51.5 Å². The number of hydrogen-bond donors (Lipinski definition) is 5. The van der Waals surface area contributed by atoms with Crippen LogP contribution in [0.1, 0.15) is 166 Å². The minimum atomic E-state index is -1.21. The number of unbranched alkanes of at least 4 members (excludes halogenated alkanes) is 8. The summed E-state index contributed by atoms with van der Waals surface area (Å²) in [5.74, 6) is -2.35. The van der Waals surface area contributed by atoms with E-state index in [0.717, 1.165) is 36.1 Å². The maximum absolute atomic E-state index is 14.7. The fourth-order valence-corrected chi connectivity index (χ4v) is 9.77. The molecule has 17 nitrogen and oxygen atoms in total. The van der Waals surface area contributed by atoms with Crippen molar-refractivity contribution in [3.05, 3.63) is 106 Å². The zero-order valence-corrected chi connectivity index (χ0v) is 48.7. The van der Waals surface area contributed by atoms with Gasteiger partial charge >= 0.3 is 5.97 Å². The second kappa shape index (κ2) is 35.6. The van der Waals surface area contributed by atoms with Gasteiger partial charge in [-0.15, -0.1) is 0 Å². The van der Waals surface area contributed by atoms with E-state index < -0.39 is 47.5 Å². The number of amides is 2. The zero-order valence-electron chi connectivity index (χ0n) is 48.7. The molecule has 1 heterocycles. The Kier molecular flexibility index (Phi) is 29.1. The minimum absolute atomic E-state index is 0.0239. The van der Waals surface area contributed by atoms with Gasteiger partial charge in [0.25, 0.3) is 0 Å². The number of ketones is 3. The lowest BCUT2D eigenvalue weighted by molar-refractivity contribution is -0.142. The predicted octanol–water partition coefficient (Wildman–Crippen LogP) is 9.98. The minimum Gasteiger partial charge on any atom is -0.494 e. The van der Waals surface area contributed by atoms with Crippen molar-refractivity contribution in [1.29, 1.82) is 5.26 Å². The van der Waals surface area contributed by atoms with E-state index in [-0.39, 0.29) is 82.9 Å². The Labute approximate surface area is 479 Å². The summed E-state index contributed by atoms with van der Waals surface area (Å²) in [6.45, 7) is 11.8. The summed E-state index contributed by atoms with van der Waals surface area (Å²) in [6.07, 6.45) is 11.4. The van der Waals surface area contributed by atoms with Crippen LogP contribution in [0, 0.1) is 37.0 Å². The Morgan fingerprint density at radius 2 is 1.26 bits per heavy atom. The lowest BCUT2D eigenvalue weighted by Crippen LogP contribution is -2.46. The number of nitrogens with zero attached hydrogens (tertiary/aromatic N) is 2. The largest absolute Gasteiger partial charge is 0.494 e. The number of hydrogen-bond acceptors (Lipinski definition) is 14. The number of rotatable bonds is 31. The Hall–Kier alpha value is -7.13. The molecule has 8 N–H and O–H groups in total. The Morgan fingerprint density at radius 3 is 1.79 bits per heavy atom. The van der Waals surface area contributed by atoms with Gasteiger partial charge in [0.2, 0.25) is 11.8 Å². The standard InChI is InChI=1S/C49H66N6O8.C15H22O3/c1-5-6-7-8-9-23-61-37-14-15-38(32(2)26-37)43(57)31-36(18-20-51)49(60)55(4)47-35-13-17-46(63-25-22-53)40(30-35)39-28-34(12-16-45(39)62-24-21-52)29-41(42(56)11-10-19-50)54-48(59)33(3)27-44(47)58;1-3-4-5-6-7-10-18-13-8-9-14(15(16)17)12(2)11-13/h12-17,26,28,30,33,36,41,47H,5-11,18,20-25,27,29,31,51-53H2,1-4H3,(H,54,59);8-9,11H,3-7,10H2,1-2H3,(H,16,17)/t33-,36-,41+,47+;/m1./s1. The van der Waals surface area contributed by atoms with E-state index in [1.165, 1.54) is 56.9 Å². The van der Waals surface area contributed by atoms with Gasteiger partial charge in [0.1, 0.15) is 42.3 Å². The highest BCUT2D eigenvalue weighted by Crippen LogP contribution is 2.41. The highest BCUT2D eigenvalue weighted by Gasteiger charge is 2.36. The molecule has 5 rings (SSSR count). The Balaban J connectivity index is 0.000000664. The van der Waals surface area contributed by atoms with Gasteiger partial charge in [-0.2, -0.15) is 5.26 Å². The molecule has 4 aromatic rings. The second-order valence-electron chi connectivity index (χ2n) is 20.9. The van der Waals surface area contributed by atoms with Gasteiger partial charge in [0.05, 0.1) is 30.9 Å². The zero-order chi connectivity index (χ0) is 59.3. The van der Waals surface area contributed by atoms with Gasteiger partial charge in [0, 0.05) is 74.3 Å². The summed E-state index contributed by atoms with van der Waals surface area (Å²) in [5, 5.41) is 21.0. The van der Waals surface area contributed by atoms with Gasteiger partial charge in [-0.1, -0.05) is 84.3 Å². The Morgan fingerprint density at radius 1 is 0.704 bits per heavy atom. The number of carbonyl (C=O) groups excluding carboxylic acids is 5. The number of ether oxygens (including phenoxy) is 4. The third-order valence-electron chi connectivity index (χ3n) is 14.3. The molecular formula is C64H88N6O11. The summed E-state index contributed by atoms with van der Waals surface area (Å²) in [4.78, 5) is 82.7. The van der Waals surface area contributed by atoms with Crippen molar-refractivity contribution in [1.82, 2.24) is 10.2 Å². The highest BCUT2D eigenvalue weighted by molar-refractivity contribution is 6.01. The number of benzene rings is 4. The summed E-state index contributed by atoms with van der Waals surface area (Å²) in [5.41, 5.74) is 22.2. The number of carbonyl (C=O) groups is 6. The Bertz CT molecular complexity index is 2740. The van der Waals surface area contributed by atoms with Crippen LogP contribution in [0.25, 0.3) is 11.1 Å². The van der Waals surface area contributed by atoms with Crippen molar-refractivity contribution in [3.63, 3.8) is 0 Å². The number of aryl methyl sites for hydroxylation is 2. The molecule has 1 aliphatic rings. The smallest absolute Gasteiger partial charge is 0.335 e. The maximum Gasteiger partial charge on any atom is 0.335 e. The molecule has 0 unspecified atom stereocenters. The van der Waals surface area contributed by atoms with Crippen molar-refractivity contribution in [2.45, 2.75) is 149 Å². The van der Waals surface area contributed by atoms with E-state index in [2.05, 4.69) is 19.2 Å². The third kappa shape index (κ3) is 21.0. The number of carboxylic acid groups (broad SMARTS) is 1. The van der Waals surface area contributed by atoms with Crippen LogP contribution in [-0.4, -0.2) is 104 Å². The molecular weight excluding hydrogens is 1030 g/mol.